The van der Waals surface area contributed by atoms with E-state index >= 15 is 0 Å². The Morgan fingerprint density at radius 2 is 2.10 bits per heavy atom. The van der Waals surface area contributed by atoms with E-state index in [-0.39, 0.29) is 12.8 Å². The van der Waals surface area contributed by atoms with Crippen LogP contribution >= 0.6 is 0 Å². The topological polar surface area (TPSA) is 76.0 Å². The molecule has 2 bridgehead atoms. The van der Waals surface area contributed by atoms with Gasteiger partial charge in [-0.25, -0.2) is 4.79 Å². The largest absolute Gasteiger partial charge is 0.457 e. The summed E-state index contributed by atoms with van der Waals surface area (Å²) < 4.78 is 10.9. The number of aliphatic hydroxyl groups excluding tert-OH is 1. The van der Waals surface area contributed by atoms with Crippen LogP contribution in [-0.2, 0) is 14.3 Å². The smallest absolute Gasteiger partial charge is 0.338 e. The van der Waals surface area contributed by atoms with E-state index in [1.807, 2.05) is 30.3 Å². The zero-order valence-corrected chi connectivity index (χ0v) is 11.3. The molecule has 5 nitrogen and oxygen atoms in total. The zero-order chi connectivity index (χ0) is 15.0. The number of ether oxygens (including phenoxy) is 2. The van der Waals surface area contributed by atoms with Crippen molar-refractivity contribution in [3.63, 3.8) is 0 Å². The molecule has 5 atom stereocenters. The molecule has 2 aliphatic rings. The standard InChI is InChI=1S/C16H16O5/c1-2-12(10-6-4-3-5-7-10)20-14-11(17)8-16(19)9-13(14)21-15(16)18/h1,3-7,11-14,17,19H,8-9H2/t11-,12?,13-,14-,16+/m1/s1. The van der Waals surface area contributed by atoms with Crippen LogP contribution in [0.3, 0.4) is 0 Å². The fourth-order valence-corrected chi connectivity index (χ4v) is 2.94. The van der Waals surface area contributed by atoms with E-state index in [1.165, 1.54) is 0 Å². The highest BCUT2D eigenvalue weighted by Crippen LogP contribution is 2.40. The van der Waals surface area contributed by atoms with E-state index in [1.54, 1.807) is 0 Å². The molecule has 3 rings (SSSR count). The van der Waals surface area contributed by atoms with Gasteiger partial charge in [-0.15, -0.1) is 6.42 Å². The molecule has 0 spiro atoms. The molecular formula is C16H16O5. The number of hydrogen-bond donors (Lipinski definition) is 2. The van der Waals surface area contributed by atoms with E-state index in [0.717, 1.165) is 5.56 Å². The molecule has 5 heteroatoms. The third kappa shape index (κ3) is 2.42. The molecule has 1 aliphatic heterocycles. The predicted molar refractivity (Wildman–Crippen MR) is 73.0 cm³/mol. The normalized spacial score (nSPS) is 35.9. The minimum atomic E-state index is -1.59. The van der Waals surface area contributed by atoms with Crippen molar-refractivity contribution < 1.29 is 24.5 Å². The summed E-state index contributed by atoms with van der Waals surface area (Å²) in [7, 11) is 0. The van der Waals surface area contributed by atoms with Gasteiger partial charge in [-0.3, -0.25) is 0 Å². The van der Waals surface area contributed by atoms with Gasteiger partial charge in [0.05, 0.1) is 6.10 Å². The molecule has 1 saturated heterocycles. The van der Waals surface area contributed by atoms with E-state index in [2.05, 4.69) is 5.92 Å². The summed E-state index contributed by atoms with van der Waals surface area (Å²) in [5.41, 5.74) is -0.806. The Morgan fingerprint density at radius 3 is 2.76 bits per heavy atom. The van der Waals surface area contributed by atoms with Crippen LogP contribution < -0.4 is 0 Å². The Labute approximate surface area is 122 Å². The average molecular weight is 288 g/mol. The van der Waals surface area contributed by atoms with Crippen LogP contribution in [0.4, 0.5) is 0 Å². The number of benzene rings is 1. The van der Waals surface area contributed by atoms with Crippen molar-refractivity contribution in [2.24, 2.45) is 0 Å². The Balaban J connectivity index is 1.79. The number of carbonyl (C=O) groups is 1. The molecule has 1 saturated carbocycles. The van der Waals surface area contributed by atoms with Crippen LogP contribution in [0.25, 0.3) is 0 Å². The SMILES string of the molecule is C#CC(O[C@@H]1[C@H](O)C[C@]2(O)C[C@H]1OC2=O)c1ccccc1. The van der Waals surface area contributed by atoms with Crippen molar-refractivity contribution in [2.45, 2.75) is 42.9 Å². The molecule has 1 aromatic carbocycles. The lowest BCUT2D eigenvalue weighted by molar-refractivity contribution is -0.155. The third-order valence-corrected chi connectivity index (χ3v) is 4.02. The first-order valence-electron chi connectivity index (χ1n) is 6.81. The number of hydrogen-bond acceptors (Lipinski definition) is 5. The maximum atomic E-state index is 11.6. The maximum absolute atomic E-state index is 11.6. The molecular weight excluding hydrogens is 272 g/mol. The third-order valence-electron chi connectivity index (χ3n) is 4.02. The molecule has 0 amide bonds. The second-order valence-electron chi connectivity index (χ2n) is 5.51. The van der Waals surface area contributed by atoms with E-state index in [0.29, 0.717) is 0 Å². The van der Waals surface area contributed by atoms with Crippen molar-refractivity contribution in [2.75, 3.05) is 0 Å². The summed E-state index contributed by atoms with van der Waals surface area (Å²) in [6.07, 6.45) is 2.48. The molecule has 21 heavy (non-hydrogen) atoms. The predicted octanol–water partition coefficient (Wildman–Crippen LogP) is 0.557. The molecule has 110 valence electrons. The van der Waals surface area contributed by atoms with Crippen LogP contribution in [0, 0.1) is 12.3 Å². The van der Waals surface area contributed by atoms with Gasteiger partial charge in [0, 0.05) is 12.8 Å². The number of rotatable bonds is 3. The second-order valence-corrected chi connectivity index (χ2v) is 5.51. The summed E-state index contributed by atoms with van der Waals surface area (Å²) in [5, 5.41) is 20.2. The molecule has 1 heterocycles. The summed E-state index contributed by atoms with van der Waals surface area (Å²) >= 11 is 0. The fourth-order valence-electron chi connectivity index (χ4n) is 2.94. The van der Waals surface area contributed by atoms with Gasteiger partial charge in [0.1, 0.15) is 18.3 Å². The summed E-state index contributed by atoms with van der Waals surface area (Å²) in [6.45, 7) is 0. The van der Waals surface area contributed by atoms with Gasteiger partial charge < -0.3 is 19.7 Å². The quantitative estimate of drug-likeness (QED) is 0.628. The highest BCUT2D eigenvalue weighted by molar-refractivity contribution is 5.82. The van der Waals surface area contributed by atoms with Gasteiger partial charge >= 0.3 is 5.97 Å². The van der Waals surface area contributed by atoms with Crippen molar-refractivity contribution in [3.05, 3.63) is 35.9 Å². The minimum Gasteiger partial charge on any atom is -0.457 e. The first kappa shape index (κ1) is 14.1. The van der Waals surface area contributed by atoms with Gasteiger partial charge in [-0.05, 0) is 5.56 Å². The van der Waals surface area contributed by atoms with Gasteiger partial charge in [-0.1, -0.05) is 36.3 Å². The maximum Gasteiger partial charge on any atom is 0.338 e. The Kier molecular flexibility index (Phi) is 3.46. The number of terminal acetylenes is 1. The van der Waals surface area contributed by atoms with Crippen molar-refractivity contribution in [3.8, 4) is 12.3 Å². The minimum absolute atomic E-state index is 0.0981. The molecule has 1 unspecified atom stereocenters. The van der Waals surface area contributed by atoms with Crippen LogP contribution in [-0.4, -0.2) is 40.1 Å². The highest BCUT2D eigenvalue weighted by Gasteiger charge is 2.58. The van der Waals surface area contributed by atoms with Gasteiger partial charge in [0.15, 0.2) is 5.60 Å². The van der Waals surface area contributed by atoms with E-state index in [9.17, 15) is 15.0 Å². The second kappa shape index (κ2) is 5.15. The molecule has 1 aromatic rings. The highest BCUT2D eigenvalue weighted by atomic mass is 16.6. The van der Waals surface area contributed by atoms with Crippen LogP contribution in [0.5, 0.6) is 0 Å². The summed E-state index contributed by atoms with van der Waals surface area (Å²) in [6, 6.07) is 9.21. The van der Waals surface area contributed by atoms with Gasteiger partial charge in [-0.2, -0.15) is 0 Å². The summed E-state index contributed by atoms with van der Waals surface area (Å²) in [4.78, 5) is 11.6. The van der Waals surface area contributed by atoms with E-state index in [4.69, 9.17) is 15.9 Å². The van der Waals surface area contributed by atoms with E-state index < -0.39 is 36.0 Å². The first-order valence-corrected chi connectivity index (χ1v) is 6.81. The van der Waals surface area contributed by atoms with Crippen LogP contribution in [0.15, 0.2) is 30.3 Å². The number of carbonyl (C=O) groups excluding carboxylic acids is 1. The van der Waals surface area contributed by atoms with Crippen LogP contribution in [0.1, 0.15) is 24.5 Å². The number of esters is 1. The molecule has 0 radical (unpaired) electrons. The van der Waals surface area contributed by atoms with Crippen LogP contribution in [0.2, 0.25) is 0 Å². The Morgan fingerprint density at radius 1 is 1.38 bits per heavy atom. The zero-order valence-electron chi connectivity index (χ0n) is 11.3. The lowest BCUT2D eigenvalue weighted by Gasteiger charge is -2.34. The summed E-state index contributed by atoms with van der Waals surface area (Å²) in [5.74, 6) is 1.83. The molecule has 1 aliphatic carbocycles. The van der Waals surface area contributed by atoms with Crippen molar-refractivity contribution in [1.82, 2.24) is 0 Å². The van der Waals surface area contributed by atoms with Crippen molar-refractivity contribution in [1.29, 1.82) is 0 Å². The number of aliphatic hydroxyl groups is 2. The lowest BCUT2D eigenvalue weighted by Crippen LogP contribution is -2.50. The first-order chi connectivity index (χ1) is 10.0. The molecule has 0 aromatic heterocycles. The van der Waals surface area contributed by atoms with Gasteiger partial charge in [0.2, 0.25) is 0 Å². The monoisotopic (exact) mass is 288 g/mol. The average Bonchev–Trinajstić information content (AvgIpc) is 2.71. The molecule has 2 fully saturated rings. The Bertz CT molecular complexity index is 578. The van der Waals surface area contributed by atoms with Gasteiger partial charge in [0.25, 0.3) is 0 Å². The van der Waals surface area contributed by atoms with Crippen molar-refractivity contribution >= 4 is 5.97 Å². The Hall–Kier alpha value is -1.87. The fraction of sp³-hybridized carbons (Fsp3) is 0.438. The number of fused-ring (bicyclic) bond motifs is 2. The molecule has 2 N–H and O–H groups in total. The lowest BCUT2D eigenvalue weighted by atomic mass is 9.82.